The maximum absolute atomic E-state index is 13.1. The third-order valence-corrected chi connectivity index (χ3v) is 7.82. The summed E-state index contributed by atoms with van der Waals surface area (Å²) in [6.45, 7) is 11.6. The number of phenols is 1. The summed E-state index contributed by atoms with van der Waals surface area (Å²) < 4.78 is 49.4. The molecule has 0 radical (unpaired) electrons. The maximum Gasteiger partial charge on any atom is 0.216 e. The van der Waals surface area contributed by atoms with Crippen molar-refractivity contribution < 1.29 is 21.9 Å². The molecule has 0 heterocycles. The standard InChI is InChI=1S/C24H29NO5S2/c1-23(2,3)20-13-16(14-21(22(20)26)24(4,5)6)12-19(15-25)32(29,30)18-10-8-17(9-11-18)31(7,27)28/h8-14,26H,1-7H3. The first-order valence-electron chi connectivity index (χ1n) is 9.94. The maximum atomic E-state index is 13.1. The number of phenolic OH excluding ortho intramolecular Hbond substituents is 1. The highest BCUT2D eigenvalue weighted by Crippen LogP contribution is 2.40. The average Bonchev–Trinajstić information content (AvgIpc) is 2.64. The second kappa shape index (κ2) is 8.38. The van der Waals surface area contributed by atoms with Gasteiger partial charge >= 0.3 is 0 Å². The minimum atomic E-state index is -4.18. The summed E-state index contributed by atoms with van der Waals surface area (Å²) in [5, 5.41) is 20.5. The lowest BCUT2D eigenvalue weighted by Gasteiger charge is -2.28. The first kappa shape index (κ1) is 25.6. The van der Waals surface area contributed by atoms with Gasteiger partial charge in [0.15, 0.2) is 9.84 Å². The first-order valence-corrected chi connectivity index (χ1v) is 13.3. The molecule has 6 nitrogen and oxygen atoms in total. The van der Waals surface area contributed by atoms with Crippen LogP contribution in [0.3, 0.4) is 0 Å². The molecule has 0 bridgehead atoms. The van der Waals surface area contributed by atoms with E-state index in [1.807, 2.05) is 41.5 Å². The molecule has 0 unspecified atom stereocenters. The van der Waals surface area contributed by atoms with Gasteiger partial charge in [-0.05, 0) is 58.9 Å². The van der Waals surface area contributed by atoms with Crippen molar-refractivity contribution in [2.45, 2.75) is 62.2 Å². The zero-order chi connectivity index (χ0) is 24.7. The Kier molecular flexibility index (Phi) is 6.71. The summed E-state index contributed by atoms with van der Waals surface area (Å²) in [6, 6.07) is 9.88. The zero-order valence-corrected chi connectivity index (χ0v) is 21.0. The quantitative estimate of drug-likeness (QED) is 0.640. The fourth-order valence-electron chi connectivity index (χ4n) is 3.20. The second-order valence-electron chi connectivity index (χ2n) is 9.83. The van der Waals surface area contributed by atoms with Gasteiger partial charge < -0.3 is 5.11 Å². The normalized spacial score (nSPS) is 13.6. The van der Waals surface area contributed by atoms with E-state index >= 15 is 0 Å². The van der Waals surface area contributed by atoms with E-state index in [9.17, 15) is 27.2 Å². The Labute approximate surface area is 191 Å². The van der Waals surface area contributed by atoms with Gasteiger partial charge in [0.1, 0.15) is 16.7 Å². The highest BCUT2D eigenvalue weighted by atomic mass is 32.2. The minimum Gasteiger partial charge on any atom is -0.507 e. The molecule has 0 saturated carbocycles. The van der Waals surface area contributed by atoms with Gasteiger partial charge in [-0.3, -0.25) is 0 Å². The molecule has 0 aliphatic carbocycles. The highest BCUT2D eigenvalue weighted by molar-refractivity contribution is 7.95. The van der Waals surface area contributed by atoms with E-state index in [1.54, 1.807) is 18.2 Å². The van der Waals surface area contributed by atoms with E-state index in [4.69, 9.17) is 0 Å². The SMILES string of the molecule is CC(C)(C)c1cc(C=C(C#N)S(=O)(=O)c2ccc(S(C)(=O)=O)cc2)cc(C(C)(C)C)c1O. The zero-order valence-electron chi connectivity index (χ0n) is 19.4. The van der Waals surface area contributed by atoms with Crippen LogP contribution in [0.4, 0.5) is 0 Å². The van der Waals surface area contributed by atoms with Gasteiger partial charge in [0.25, 0.3) is 0 Å². The van der Waals surface area contributed by atoms with Crippen LogP contribution < -0.4 is 0 Å². The van der Waals surface area contributed by atoms with Gasteiger partial charge in [0, 0.05) is 17.4 Å². The minimum absolute atomic E-state index is 0.0119. The van der Waals surface area contributed by atoms with Gasteiger partial charge in [-0.2, -0.15) is 5.26 Å². The van der Waals surface area contributed by atoms with Crippen molar-refractivity contribution in [3.8, 4) is 11.8 Å². The van der Waals surface area contributed by atoms with Crippen molar-refractivity contribution in [1.29, 1.82) is 5.26 Å². The first-order chi connectivity index (χ1) is 14.4. The Morgan fingerprint density at radius 1 is 0.875 bits per heavy atom. The van der Waals surface area contributed by atoms with Crippen molar-refractivity contribution in [3.63, 3.8) is 0 Å². The number of nitrogens with zero attached hydrogens (tertiary/aromatic N) is 1. The molecule has 0 amide bonds. The molecule has 2 rings (SSSR count). The van der Waals surface area contributed by atoms with Gasteiger partial charge in [0.05, 0.1) is 9.79 Å². The van der Waals surface area contributed by atoms with Gasteiger partial charge in [-0.1, -0.05) is 41.5 Å². The van der Waals surface area contributed by atoms with Crippen molar-refractivity contribution in [2.24, 2.45) is 0 Å². The molecule has 0 saturated heterocycles. The molecular weight excluding hydrogens is 446 g/mol. The summed E-state index contributed by atoms with van der Waals surface area (Å²) in [7, 11) is -7.65. The topological polar surface area (TPSA) is 112 Å². The number of hydrogen-bond donors (Lipinski definition) is 1. The number of aromatic hydroxyl groups is 1. The van der Waals surface area contributed by atoms with Gasteiger partial charge in [-0.15, -0.1) is 0 Å². The second-order valence-corrected chi connectivity index (χ2v) is 13.8. The monoisotopic (exact) mass is 475 g/mol. The van der Waals surface area contributed by atoms with E-state index in [0.29, 0.717) is 16.7 Å². The third-order valence-electron chi connectivity index (χ3n) is 5.01. The van der Waals surface area contributed by atoms with Crippen LogP contribution in [0, 0.1) is 11.3 Å². The summed E-state index contributed by atoms with van der Waals surface area (Å²) >= 11 is 0. The Balaban J connectivity index is 2.71. The molecule has 0 aromatic heterocycles. The highest BCUT2D eigenvalue weighted by Gasteiger charge is 2.27. The van der Waals surface area contributed by atoms with Crippen LogP contribution in [0.15, 0.2) is 51.1 Å². The largest absolute Gasteiger partial charge is 0.507 e. The molecule has 0 aliphatic rings. The average molecular weight is 476 g/mol. The molecule has 172 valence electrons. The summed E-state index contributed by atoms with van der Waals surface area (Å²) in [6.07, 6.45) is 2.31. The lowest BCUT2D eigenvalue weighted by atomic mass is 9.78. The molecule has 2 aromatic rings. The summed E-state index contributed by atoms with van der Waals surface area (Å²) in [5.41, 5.74) is 0.930. The van der Waals surface area contributed by atoms with Crippen molar-refractivity contribution in [3.05, 3.63) is 58.0 Å². The van der Waals surface area contributed by atoms with Crippen molar-refractivity contribution >= 4 is 25.8 Å². The lowest BCUT2D eigenvalue weighted by Crippen LogP contribution is -2.17. The Morgan fingerprint density at radius 2 is 1.28 bits per heavy atom. The van der Waals surface area contributed by atoms with E-state index in [0.717, 1.165) is 6.26 Å². The third kappa shape index (κ3) is 5.40. The van der Waals surface area contributed by atoms with E-state index in [2.05, 4.69) is 0 Å². The van der Waals surface area contributed by atoms with Crippen molar-refractivity contribution in [1.82, 2.24) is 0 Å². The molecule has 2 aromatic carbocycles. The van der Waals surface area contributed by atoms with E-state index < -0.39 is 35.4 Å². The van der Waals surface area contributed by atoms with E-state index in [1.165, 1.54) is 30.3 Å². The van der Waals surface area contributed by atoms with Crippen LogP contribution in [-0.2, 0) is 30.5 Å². The number of benzene rings is 2. The smallest absolute Gasteiger partial charge is 0.216 e. The number of rotatable bonds is 4. The molecule has 0 spiro atoms. The fourth-order valence-corrected chi connectivity index (χ4v) is 4.99. The Bertz CT molecular complexity index is 1280. The molecule has 0 fully saturated rings. The molecule has 32 heavy (non-hydrogen) atoms. The molecule has 0 aliphatic heterocycles. The van der Waals surface area contributed by atoms with Crippen LogP contribution >= 0.6 is 0 Å². The summed E-state index contributed by atoms with van der Waals surface area (Å²) in [5.74, 6) is 0.153. The van der Waals surface area contributed by atoms with Crippen LogP contribution in [0.1, 0.15) is 58.2 Å². The van der Waals surface area contributed by atoms with Crippen LogP contribution in [0.5, 0.6) is 5.75 Å². The number of nitriles is 1. The number of sulfone groups is 2. The van der Waals surface area contributed by atoms with Crippen molar-refractivity contribution in [2.75, 3.05) is 6.26 Å². The Hall–Kier alpha value is -2.63. The molecule has 1 N–H and O–H groups in total. The fraction of sp³-hybridized carbons (Fsp3) is 0.375. The predicted molar refractivity (Wildman–Crippen MR) is 126 cm³/mol. The summed E-state index contributed by atoms with van der Waals surface area (Å²) in [4.78, 5) is -0.666. The molecule has 0 atom stereocenters. The Morgan fingerprint density at radius 3 is 1.62 bits per heavy atom. The van der Waals surface area contributed by atoms with Crippen LogP contribution in [0.25, 0.3) is 6.08 Å². The van der Waals surface area contributed by atoms with Gasteiger partial charge in [0.2, 0.25) is 9.84 Å². The van der Waals surface area contributed by atoms with E-state index in [-0.39, 0.29) is 15.5 Å². The number of allylic oxidation sites excluding steroid dienone is 1. The van der Waals surface area contributed by atoms with Crippen LogP contribution in [-0.4, -0.2) is 28.2 Å². The van der Waals surface area contributed by atoms with Crippen LogP contribution in [0.2, 0.25) is 0 Å². The number of hydrogen-bond acceptors (Lipinski definition) is 6. The molecule has 8 heteroatoms. The predicted octanol–water partition coefficient (Wildman–Crippen LogP) is 4.73. The lowest BCUT2D eigenvalue weighted by molar-refractivity contribution is 0.423. The van der Waals surface area contributed by atoms with Gasteiger partial charge in [-0.25, -0.2) is 16.8 Å². The molecular formula is C24H29NO5S2.